The van der Waals surface area contributed by atoms with Crippen molar-refractivity contribution < 1.29 is 0 Å². The van der Waals surface area contributed by atoms with Crippen molar-refractivity contribution in [2.75, 3.05) is 0 Å². The van der Waals surface area contributed by atoms with Crippen molar-refractivity contribution in [3.8, 4) is 0 Å². The predicted octanol–water partition coefficient (Wildman–Crippen LogP) is 7.20. The van der Waals surface area contributed by atoms with Gasteiger partial charge in [-0.2, -0.15) is 0 Å². The molecule has 1 unspecified atom stereocenters. The van der Waals surface area contributed by atoms with Crippen LogP contribution in [0.1, 0.15) is 91.5 Å². The highest BCUT2D eigenvalue weighted by atomic mass is 14.4. The standard InChI is InChI=1S/C21H36/c1-7-9-16-20(3,4)17-19(21(5,6)15-8-2)18-13-11-10-12-14-18/h10-14,19H,7-9,15-17H2,1-6H3. The van der Waals surface area contributed by atoms with E-state index in [4.69, 9.17) is 0 Å². The quantitative estimate of drug-likeness (QED) is 0.450. The van der Waals surface area contributed by atoms with Crippen LogP contribution in [0.15, 0.2) is 30.3 Å². The van der Waals surface area contributed by atoms with E-state index in [2.05, 4.69) is 71.9 Å². The zero-order valence-corrected chi connectivity index (χ0v) is 15.2. The van der Waals surface area contributed by atoms with Gasteiger partial charge in [0.1, 0.15) is 0 Å². The third-order valence-electron chi connectivity index (χ3n) is 5.00. The van der Waals surface area contributed by atoms with E-state index in [9.17, 15) is 0 Å². The number of unbranched alkanes of at least 4 members (excludes halogenated alkanes) is 1. The Hall–Kier alpha value is -0.780. The average Bonchev–Trinajstić information content (AvgIpc) is 2.43. The Bertz CT molecular complexity index is 386. The molecule has 0 heterocycles. The van der Waals surface area contributed by atoms with Gasteiger partial charge >= 0.3 is 0 Å². The van der Waals surface area contributed by atoms with Crippen LogP contribution in [-0.2, 0) is 0 Å². The van der Waals surface area contributed by atoms with Crippen molar-refractivity contribution >= 4 is 0 Å². The van der Waals surface area contributed by atoms with Gasteiger partial charge in [0.05, 0.1) is 0 Å². The molecular weight excluding hydrogens is 252 g/mol. The molecule has 1 atom stereocenters. The van der Waals surface area contributed by atoms with Gasteiger partial charge in [-0.3, -0.25) is 0 Å². The van der Waals surface area contributed by atoms with Crippen LogP contribution in [0.25, 0.3) is 0 Å². The molecule has 0 spiro atoms. The molecule has 0 aliphatic carbocycles. The highest BCUT2D eigenvalue weighted by Gasteiger charge is 2.34. The van der Waals surface area contributed by atoms with Gasteiger partial charge in [-0.15, -0.1) is 0 Å². The van der Waals surface area contributed by atoms with E-state index >= 15 is 0 Å². The molecular formula is C21H36. The van der Waals surface area contributed by atoms with E-state index in [-0.39, 0.29) is 0 Å². The first-order valence-electron chi connectivity index (χ1n) is 8.87. The molecule has 0 saturated carbocycles. The Balaban J connectivity index is 2.98. The predicted molar refractivity (Wildman–Crippen MR) is 95.8 cm³/mol. The molecule has 0 aliphatic heterocycles. The van der Waals surface area contributed by atoms with Crippen LogP contribution in [-0.4, -0.2) is 0 Å². The second-order valence-corrected chi connectivity index (χ2v) is 8.17. The lowest BCUT2D eigenvalue weighted by Crippen LogP contribution is -2.27. The van der Waals surface area contributed by atoms with Gasteiger partial charge in [0, 0.05) is 0 Å². The van der Waals surface area contributed by atoms with Crippen molar-refractivity contribution in [3.63, 3.8) is 0 Å². The first kappa shape index (κ1) is 18.3. The molecule has 0 fully saturated rings. The summed E-state index contributed by atoms with van der Waals surface area (Å²) in [5.41, 5.74) is 2.33. The molecule has 0 aromatic heterocycles. The number of benzene rings is 1. The summed E-state index contributed by atoms with van der Waals surface area (Å²) < 4.78 is 0. The van der Waals surface area contributed by atoms with Crippen LogP contribution in [0.4, 0.5) is 0 Å². The number of rotatable bonds is 9. The Morgan fingerprint density at radius 1 is 0.857 bits per heavy atom. The van der Waals surface area contributed by atoms with Gasteiger partial charge in [0.15, 0.2) is 0 Å². The van der Waals surface area contributed by atoms with Crippen molar-refractivity contribution in [2.24, 2.45) is 10.8 Å². The van der Waals surface area contributed by atoms with Crippen LogP contribution in [0.3, 0.4) is 0 Å². The normalized spacial score (nSPS) is 14.2. The highest BCUT2D eigenvalue weighted by Crippen LogP contribution is 2.47. The molecule has 0 N–H and O–H groups in total. The van der Waals surface area contributed by atoms with Crippen LogP contribution < -0.4 is 0 Å². The Labute approximate surface area is 133 Å². The summed E-state index contributed by atoms with van der Waals surface area (Å²) in [7, 11) is 0. The summed E-state index contributed by atoms with van der Waals surface area (Å²) >= 11 is 0. The van der Waals surface area contributed by atoms with E-state index in [1.54, 1.807) is 0 Å². The summed E-state index contributed by atoms with van der Waals surface area (Å²) in [5, 5.41) is 0. The van der Waals surface area contributed by atoms with Crippen molar-refractivity contribution in [1.82, 2.24) is 0 Å². The topological polar surface area (TPSA) is 0 Å². The molecule has 120 valence electrons. The molecule has 1 rings (SSSR count). The maximum atomic E-state index is 2.46. The molecule has 0 nitrogen and oxygen atoms in total. The van der Waals surface area contributed by atoms with Gasteiger partial charge in [-0.05, 0) is 41.6 Å². The smallest absolute Gasteiger partial charge is 0.0106 e. The van der Waals surface area contributed by atoms with Crippen LogP contribution in [0.2, 0.25) is 0 Å². The van der Waals surface area contributed by atoms with Gasteiger partial charge in [0.2, 0.25) is 0 Å². The maximum absolute atomic E-state index is 2.46. The second kappa shape index (κ2) is 8.01. The molecule has 0 saturated heterocycles. The van der Waals surface area contributed by atoms with E-state index in [0.29, 0.717) is 16.7 Å². The summed E-state index contributed by atoms with van der Waals surface area (Å²) in [4.78, 5) is 0. The largest absolute Gasteiger partial charge is 0.0654 e. The van der Waals surface area contributed by atoms with Gasteiger partial charge in [-0.1, -0.05) is 91.1 Å². The molecule has 21 heavy (non-hydrogen) atoms. The first-order chi connectivity index (χ1) is 9.82. The summed E-state index contributed by atoms with van der Waals surface area (Å²) in [6, 6.07) is 11.2. The molecule has 0 radical (unpaired) electrons. The average molecular weight is 289 g/mol. The maximum Gasteiger partial charge on any atom is -0.0106 e. The third-order valence-corrected chi connectivity index (χ3v) is 5.00. The van der Waals surface area contributed by atoms with Crippen molar-refractivity contribution in [1.29, 1.82) is 0 Å². The lowest BCUT2D eigenvalue weighted by molar-refractivity contribution is 0.175. The SMILES string of the molecule is CCCCC(C)(C)CC(c1ccccc1)C(C)(C)CCC. The number of hydrogen-bond acceptors (Lipinski definition) is 0. The summed E-state index contributed by atoms with van der Waals surface area (Å²) in [6.07, 6.45) is 7.86. The fraction of sp³-hybridized carbons (Fsp3) is 0.714. The zero-order chi connectivity index (χ0) is 15.9. The third kappa shape index (κ3) is 5.85. The monoisotopic (exact) mass is 288 g/mol. The van der Waals surface area contributed by atoms with Crippen LogP contribution in [0, 0.1) is 10.8 Å². The van der Waals surface area contributed by atoms with Gasteiger partial charge in [0.25, 0.3) is 0 Å². The Kier molecular flexibility index (Phi) is 6.97. The zero-order valence-electron chi connectivity index (χ0n) is 15.2. The van der Waals surface area contributed by atoms with E-state index in [0.717, 1.165) is 0 Å². The van der Waals surface area contributed by atoms with Crippen molar-refractivity contribution in [2.45, 2.75) is 86.0 Å². The Morgan fingerprint density at radius 3 is 2.00 bits per heavy atom. The lowest BCUT2D eigenvalue weighted by atomic mass is 9.65. The van der Waals surface area contributed by atoms with Gasteiger partial charge in [-0.25, -0.2) is 0 Å². The molecule has 0 aliphatic rings. The minimum absolute atomic E-state index is 0.375. The fourth-order valence-corrected chi connectivity index (χ4v) is 3.66. The molecule has 0 bridgehead atoms. The van der Waals surface area contributed by atoms with E-state index in [1.165, 1.54) is 44.1 Å². The van der Waals surface area contributed by atoms with Crippen LogP contribution >= 0.6 is 0 Å². The molecule has 1 aromatic rings. The lowest BCUT2D eigenvalue weighted by Gasteiger charge is -2.40. The minimum Gasteiger partial charge on any atom is -0.0654 e. The number of hydrogen-bond donors (Lipinski definition) is 0. The summed E-state index contributed by atoms with van der Waals surface area (Å²) in [5.74, 6) is 0.658. The van der Waals surface area contributed by atoms with Crippen molar-refractivity contribution in [3.05, 3.63) is 35.9 Å². The minimum atomic E-state index is 0.375. The van der Waals surface area contributed by atoms with E-state index in [1.807, 2.05) is 0 Å². The summed E-state index contributed by atoms with van der Waals surface area (Å²) in [6.45, 7) is 14.5. The first-order valence-corrected chi connectivity index (χ1v) is 8.87. The van der Waals surface area contributed by atoms with E-state index < -0.39 is 0 Å². The Morgan fingerprint density at radius 2 is 1.48 bits per heavy atom. The molecule has 1 aromatic carbocycles. The molecule has 0 amide bonds. The highest BCUT2D eigenvalue weighted by molar-refractivity contribution is 5.22. The van der Waals surface area contributed by atoms with Gasteiger partial charge < -0.3 is 0 Å². The second-order valence-electron chi connectivity index (χ2n) is 8.17. The fourth-order valence-electron chi connectivity index (χ4n) is 3.66. The molecule has 0 heteroatoms. The van der Waals surface area contributed by atoms with Crippen LogP contribution in [0.5, 0.6) is 0 Å².